The van der Waals surface area contributed by atoms with E-state index < -0.39 is 5.76 Å². The summed E-state index contributed by atoms with van der Waals surface area (Å²) < 4.78 is 18.5. The van der Waals surface area contributed by atoms with Crippen molar-refractivity contribution >= 4 is 28.7 Å². The van der Waals surface area contributed by atoms with Gasteiger partial charge >= 0.3 is 5.76 Å². The molecule has 0 radical (unpaired) electrons. The topological polar surface area (TPSA) is 137 Å². The quantitative estimate of drug-likeness (QED) is 0.240. The molecule has 2 aliphatic rings. The minimum absolute atomic E-state index is 0.0369. The molecule has 0 spiro atoms. The predicted molar refractivity (Wildman–Crippen MR) is 165 cm³/mol. The van der Waals surface area contributed by atoms with Crippen molar-refractivity contribution in [2.24, 2.45) is 11.8 Å². The standard InChI is InChI=1S/C31H33ClN8O4/c1-18-8-10-19(11-9-18)16-40-26-25(21-14-23(32)33-24(15-21)42-2)34-28(29-37-31(41)44-38-29)35-27(26)36-30(40)39-12-13-43-17-22(39)20-6-4-3-5-7-20/h3-7,14-15,18-19,22H,8-13,16-17H2,1-2H3,(H,37,38,41)/t18?,19?,22-/m0/s1. The fraction of sp³-hybridized carbons (Fsp3) is 0.419. The third-order valence-electron chi connectivity index (χ3n) is 8.63. The van der Waals surface area contributed by atoms with Crippen LogP contribution in [0.3, 0.4) is 0 Å². The van der Waals surface area contributed by atoms with Crippen LogP contribution in [0.1, 0.15) is 44.2 Å². The van der Waals surface area contributed by atoms with Gasteiger partial charge in [0.05, 0.1) is 26.4 Å². The molecule has 12 nitrogen and oxygen atoms in total. The summed E-state index contributed by atoms with van der Waals surface area (Å²) in [6.07, 6.45) is 4.66. The van der Waals surface area contributed by atoms with Crippen LogP contribution < -0.4 is 15.4 Å². The number of nitrogens with zero attached hydrogens (tertiary/aromatic N) is 7. The van der Waals surface area contributed by atoms with Crippen molar-refractivity contribution < 1.29 is 14.0 Å². The monoisotopic (exact) mass is 616 g/mol. The molecule has 2 fully saturated rings. The number of hydrogen-bond acceptors (Lipinski definition) is 10. The largest absolute Gasteiger partial charge is 0.481 e. The van der Waals surface area contributed by atoms with Crippen molar-refractivity contribution in [1.82, 2.24) is 34.6 Å². The Hall–Kier alpha value is -4.29. The summed E-state index contributed by atoms with van der Waals surface area (Å²) >= 11 is 6.46. The highest BCUT2D eigenvalue weighted by atomic mass is 35.5. The van der Waals surface area contributed by atoms with Gasteiger partial charge in [-0.3, -0.25) is 9.51 Å². The van der Waals surface area contributed by atoms with Crippen molar-refractivity contribution in [1.29, 1.82) is 0 Å². The van der Waals surface area contributed by atoms with Crippen molar-refractivity contribution in [3.05, 3.63) is 63.7 Å². The summed E-state index contributed by atoms with van der Waals surface area (Å²) in [6, 6.07) is 13.8. The maximum Gasteiger partial charge on any atom is 0.439 e. The van der Waals surface area contributed by atoms with E-state index in [0.29, 0.717) is 48.5 Å². The van der Waals surface area contributed by atoms with Crippen LogP contribution in [0.15, 0.2) is 51.8 Å². The molecule has 1 aromatic carbocycles. The first-order chi connectivity index (χ1) is 21.5. The molecule has 0 bridgehead atoms. The van der Waals surface area contributed by atoms with Gasteiger partial charge in [0, 0.05) is 24.7 Å². The normalized spacial score (nSPS) is 20.7. The third-order valence-corrected chi connectivity index (χ3v) is 8.83. The Morgan fingerprint density at radius 2 is 1.89 bits per heavy atom. The summed E-state index contributed by atoms with van der Waals surface area (Å²) in [4.78, 5) is 35.9. The second kappa shape index (κ2) is 12.0. The molecule has 0 amide bonds. The fourth-order valence-corrected chi connectivity index (χ4v) is 6.53. The number of pyridine rings is 1. The Labute approximate surface area is 258 Å². The number of methoxy groups -OCH3 is 1. The Morgan fingerprint density at radius 1 is 1.07 bits per heavy atom. The van der Waals surface area contributed by atoms with Gasteiger partial charge in [-0.25, -0.2) is 19.7 Å². The number of hydrogen-bond donors (Lipinski definition) is 1. The number of anilines is 1. The summed E-state index contributed by atoms with van der Waals surface area (Å²) in [7, 11) is 1.54. The van der Waals surface area contributed by atoms with Gasteiger partial charge in [-0.15, -0.1) is 0 Å². The van der Waals surface area contributed by atoms with Gasteiger partial charge < -0.3 is 18.9 Å². The molecule has 13 heteroatoms. The number of benzene rings is 1. The first-order valence-corrected chi connectivity index (χ1v) is 15.3. The van der Waals surface area contributed by atoms with E-state index in [1.807, 2.05) is 18.2 Å². The highest BCUT2D eigenvalue weighted by Gasteiger charge is 2.32. The van der Waals surface area contributed by atoms with Crippen molar-refractivity contribution in [3.63, 3.8) is 0 Å². The number of aromatic nitrogens is 7. The molecule has 1 aliphatic carbocycles. The lowest BCUT2D eigenvalue weighted by Crippen LogP contribution is -2.41. The van der Waals surface area contributed by atoms with E-state index >= 15 is 0 Å². The van der Waals surface area contributed by atoms with Gasteiger partial charge in [0.2, 0.25) is 23.5 Å². The number of ether oxygens (including phenoxy) is 2. The van der Waals surface area contributed by atoms with Gasteiger partial charge in [-0.1, -0.05) is 66.9 Å². The van der Waals surface area contributed by atoms with E-state index in [4.69, 9.17) is 40.5 Å². The van der Waals surface area contributed by atoms with E-state index in [0.717, 1.165) is 42.3 Å². The van der Waals surface area contributed by atoms with Crippen LogP contribution in [-0.2, 0) is 11.3 Å². The van der Waals surface area contributed by atoms with Crippen LogP contribution >= 0.6 is 11.6 Å². The zero-order valence-electron chi connectivity index (χ0n) is 24.6. The van der Waals surface area contributed by atoms with Crippen LogP contribution in [0, 0.1) is 11.8 Å². The number of rotatable bonds is 7. The Kier molecular flexibility index (Phi) is 7.77. The third kappa shape index (κ3) is 5.55. The van der Waals surface area contributed by atoms with E-state index in [-0.39, 0.29) is 22.8 Å². The Balaban J connectivity index is 1.47. The number of H-pyrrole nitrogens is 1. The van der Waals surface area contributed by atoms with Crippen molar-refractivity contribution in [3.8, 4) is 28.8 Å². The molecule has 44 heavy (non-hydrogen) atoms. The molecule has 1 N–H and O–H groups in total. The number of nitrogens with one attached hydrogen (secondary N) is 1. The fourth-order valence-electron chi connectivity index (χ4n) is 6.33. The molecular formula is C31H33ClN8O4. The first kappa shape index (κ1) is 28.5. The van der Waals surface area contributed by atoms with E-state index in [9.17, 15) is 4.79 Å². The second-order valence-electron chi connectivity index (χ2n) is 11.6. The van der Waals surface area contributed by atoms with Gasteiger partial charge in [0.1, 0.15) is 16.4 Å². The van der Waals surface area contributed by atoms with Crippen LogP contribution in [0.4, 0.5) is 5.95 Å². The molecule has 1 atom stereocenters. The maximum atomic E-state index is 11.9. The molecule has 1 saturated heterocycles. The number of aromatic amines is 1. The van der Waals surface area contributed by atoms with Crippen molar-refractivity contribution in [2.75, 3.05) is 31.8 Å². The molecule has 1 saturated carbocycles. The zero-order chi connectivity index (χ0) is 30.2. The maximum absolute atomic E-state index is 11.9. The number of fused-ring (bicyclic) bond motifs is 1. The van der Waals surface area contributed by atoms with Crippen LogP contribution in [0.2, 0.25) is 5.15 Å². The van der Waals surface area contributed by atoms with E-state index in [2.05, 4.69) is 43.6 Å². The SMILES string of the molecule is COc1cc(-c2nc(-c3noc(=O)[nH]3)nc3nc(N4CCOC[C@H]4c4ccccc4)n(CC4CCC(C)CC4)c23)cc(Cl)n1. The summed E-state index contributed by atoms with van der Waals surface area (Å²) in [6.45, 7) is 4.86. The summed E-state index contributed by atoms with van der Waals surface area (Å²) in [5.41, 5.74) is 3.63. The average molecular weight is 617 g/mol. The molecule has 228 valence electrons. The van der Waals surface area contributed by atoms with Crippen LogP contribution in [0.25, 0.3) is 34.1 Å². The second-order valence-corrected chi connectivity index (χ2v) is 12.0. The minimum atomic E-state index is -0.698. The van der Waals surface area contributed by atoms with Gasteiger partial charge in [0.25, 0.3) is 0 Å². The molecule has 1 aliphatic heterocycles. The lowest BCUT2D eigenvalue weighted by Gasteiger charge is -2.37. The number of morpholine rings is 1. The molecule has 5 heterocycles. The average Bonchev–Trinajstić information content (AvgIpc) is 3.65. The molecular weight excluding hydrogens is 584 g/mol. The minimum Gasteiger partial charge on any atom is -0.481 e. The highest BCUT2D eigenvalue weighted by molar-refractivity contribution is 6.29. The predicted octanol–water partition coefficient (Wildman–Crippen LogP) is 5.30. The molecule has 0 unspecified atom stereocenters. The van der Waals surface area contributed by atoms with Gasteiger partial charge in [0.15, 0.2) is 5.65 Å². The van der Waals surface area contributed by atoms with Crippen LogP contribution in [-0.4, -0.2) is 61.5 Å². The van der Waals surface area contributed by atoms with Gasteiger partial charge in [-0.2, -0.15) is 4.98 Å². The van der Waals surface area contributed by atoms with E-state index in [1.54, 1.807) is 12.1 Å². The number of imidazole rings is 1. The summed E-state index contributed by atoms with van der Waals surface area (Å²) in [5, 5.41) is 4.11. The number of halogens is 1. The summed E-state index contributed by atoms with van der Waals surface area (Å²) in [5.74, 6) is 1.92. The van der Waals surface area contributed by atoms with Gasteiger partial charge in [-0.05, 0) is 36.3 Å². The zero-order valence-corrected chi connectivity index (χ0v) is 25.3. The van der Waals surface area contributed by atoms with Crippen molar-refractivity contribution in [2.45, 2.75) is 45.2 Å². The molecule has 7 rings (SSSR count). The Morgan fingerprint density at radius 3 is 2.64 bits per heavy atom. The molecule has 4 aromatic heterocycles. The van der Waals surface area contributed by atoms with E-state index in [1.165, 1.54) is 20.0 Å². The smallest absolute Gasteiger partial charge is 0.439 e. The molecule has 5 aromatic rings. The lowest BCUT2D eigenvalue weighted by molar-refractivity contribution is 0.0927. The first-order valence-electron chi connectivity index (χ1n) is 14.9. The lowest BCUT2D eigenvalue weighted by atomic mass is 9.83. The van der Waals surface area contributed by atoms with Crippen LogP contribution in [0.5, 0.6) is 5.88 Å². The Bertz CT molecular complexity index is 1830. The highest BCUT2D eigenvalue weighted by Crippen LogP contribution is 2.39.